The molecule has 1 N–H and O–H groups in total. The predicted octanol–water partition coefficient (Wildman–Crippen LogP) is 3.40. The number of rotatable bonds is 8. The van der Waals surface area contributed by atoms with Crippen LogP contribution in [-0.2, 0) is 9.53 Å². The van der Waals surface area contributed by atoms with Crippen molar-refractivity contribution in [2.45, 2.75) is 13.0 Å². The first-order valence-corrected chi connectivity index (χ1v) is 8.80. The van der Waals surface area contributed by atoms with E-state index in [0.29, 0.717) is 22.3 Å². The van der Waals surface area contributed by atoms with E-state index in [4.69, 9.17) is 30.5 Å². The van der Waals surface area contributed by atoms with Gasteiger partial charge in [-0.2, -0.15) is 0 Å². The highest BCUT2D eigenvalue weighted by Crippen LogP contribution is 2.38. The van der Waals surface area contributed by atoms with Crippen molar-refractivity contribution >= 4 is 23.5 Å². The van der Waals surface area contributed by atoms with E-state index >= 15 is 0 Å². The molecule has 0 spiro atoms. The van der Waals surface area contributed by atoms with Crippen molar-refractivity contribution < 1.29 is 28.5 Å². The van der Waals surface area contributed by atoms with Crippen molar-refractivity contribution in [2.24, 2.45) is 0 Å². The van der Waals surface area contributed by atoms with Crippen LogP contribution in [-0.4, -0.2) is 39.8 Å². The zero-order valence-electron chi connectivity index (χ0n) is 16.1. The van der Waals surface area contributed by atoms with E-state index in [1.54, 1.807) is 19.1 Å². The Morgan fingerprint density at radius 2 is 1.64 bits per heavy atom. The number of amides is 1. The number of carbonyl (C=O) groups is 2. The van der Waals surface area contributed by atoms with Crippen molar-refractivity contribution in [3.05, 3.63) is 52.5 Å². The molecule has 0 aromatic heterocycles. The fraction of sp³-hybridized carbons (Fsp3) is 0.300. The average molecular weight is 408 g/mol. The highest BCUT2D eigenvalue weighted by atomic mass is 35.5. The SMILES string of the molecule is COc1cc(C(=O)OCC(=O)N[C@@H](C)c2ccccc2Cl)cc(OC)c1OC. The minimum atomic E-state index is -0.695. The lowest BCUT2D eigenvalue weighted by Crippen LogP contribution is -2.31. The fourth-order valence-corrected chi connectivity index (χ4v) is 2.90. The largest absolute Gasteiger partial charge is 0.493 e. The van der Waals surface area contributed by atoms with Crippen LogP contribution in [0.2, 0.25) is 5.02 Å². The van der Waals surface area contributed by atoms with Gasteiger partial charge in [-0.1, -0.05) is 29.8 Å². The number of benzene rings is 2. The summed E-state index contributed by atoms with van der Waals surface area (Å²) in [5, 5.41) is 3.28. The van der Waals surface area contributed by atoms with Crippen molar-refractivity contribution in [3.63, 3.8) is 0 Å². The number of nitrogens with one attached hydrogen (secondary N) is 1. The third kappa shape index (κ3) is 5.07. The molecule has 0 aliphatic rings. The average Bonchev–Trinajstić information content (AvgIpc) is 2.70. The van der Waals surface area contributed by atoms with Gasteiger partial charge in [-0.15, -0.1) is 0 Å². The molecular weight excluding hydrogens is 386 g/mol. The molecule has 1 amide bonds. The van der Waals surface area contributed by atoms with E-state index in [2.05, 4.69) is 5.32 Å². The Balaban J connectivity index is 2.01. The summed E-state index contributed by atoms with van der Waals surface area (Å²) in [5.41, 5.74) is 0.940. The predicted molar refractivity (Wildman–Crippen MR) is 104 cm³/mol. The minimum Gasteiger partial charge on any atom is -0.493 e. The molecule has 0 unspecified atom stereocenters. The summed E-state index contributed by atoms with van der Waals surface area (Å²) in [5.74, 6) is -0.169. The fourth-order valence-electron chi connectivity index (χ4n) is 2.60. The highest BCUT2D eigenvalue weighted by Gasteiger charge is 2.19. The molecule has 0 aliphatic heterocycles. The van der Waals surface area contributed by atoms with Gasteiger partial charge in [0, 0.05) is 5.02 Å². The van der Waals surface area contributed by atoms with Crippen molar-refractivity contribution in [1.29, 1.82) is 0 Å². The maximum atomic E-state index is 12.3. The molecule has 2 rings (SSSR count). The van der Waals surface area contributed by atoms with E-state index in [1.807, 2.05) is 12.1 Å². The van der Waals surface area contributed by atoms with Crippen LogP contribution in [0.15, 0.2) is 36.4 Å². The Labute approximate surface area is 168 Å². The standard InChI is InChI=1S/C20H22ClNO6/c1-12(14-7-5-6-8-15(14)21)22-18(23)11-28-20(24)13-9-16(25-2)19(27-4)17(10-13)26-3/h5-10,12H,11H2,1-4H3,(H,22,23)/t12-/m0/s1. The first-order valence-electron chi connectivity index (χ1n) is 8.42. The van der Waals surface area contributed by atoms with Gasteiger partial charge in [-0.25, -0.2) is 4.79 Å². The van der Waals surface area contributed by atoms with Crippen LogP contribution < -0.4 is 19.5 Å². The van der Waals surface area contributed by atoms with Gasteiger partial charge in [0.1, 0.15) is 0 Å². The second kappa shape index (κ2) is 9.85. The number of halogens is 1. The molecule has 28 heavy (non-hydrogen) atoms. The smallest absolute Gasteiger partial charge is 0.338 e. The first-order chi connectivity index (χ1) is 13.4. The molecule has 0 heterocycles. The van der Waals surface area contributed by atoms with Gasteiger partial charge in [0.15, 0.2) is 18.1 Å². The van der Waals surface area contributed by atoms with Gasteiger partial charge in [-0.05, 0) is 30.7 Å². The highest BCUT2D eigenvalue weighted by molar-refractivity contribution is 6.31. The van der Waals surface area contributed by atoms with E-state index in [9.17, 15) is 9.59 Å². The third-order valence-electron chi connectivity index (χ3n) is 3.98. The Bertz CT molecular complexity index is 829. The Morgan fingerprint density at radius 3 is 2.18 bits per heavy atom. The Hall–Kier alpha value is -2.93. The van der Waals surface area contributed by atoms with Gasteiger partial charge in [0.05, 0.1) is 32.9 Å². The lowest BCUT2D eigenvalue weighted by Gasteiger charge is -2.16. The topological polar surface area (TPSA) is 83.1 Å². The van der Waals surface area contributed by atoms with Gasteiger partial charge in [0.2, 0.25) is 5.75 Å². The van der Waals surface area contributed by atoms with Crippen LogP contribution in [0, 0.1) is 0 Å². The summed E-state index contributed by atoms with van der Waals surface area (Å²) >= 11 is 6.12. The van der Waals surface area contributed by atoms with Crippen LogP contribution in [0.5, 0.6) is 17.2 Å². The van der Waals surface area contributed by atoms with Crippen LogP contribution in [0.4, 0.5) is 0 Å². The number of ether oxygens (including phenoxy) is 4. The van der Waals surface area contributed by atoms with E-state index in [1.165, 1.54) is 33.5 Å². The van der Waals surface area contributed by atoms with Gasteiger partial charge < -0.3 is 24.3 Å². The molecule has 0 saturated heterocycles. The second-order valence-corrected chi connectivity index (χ2v) is 6.21. The molecule has 150 valence electrons. The summed E-state index contributed by atoms with van der Waals surface area (Å²) in [6, 6.07) is 9.76. The number of esters is 1. The number of hydrogen-bond donors (Lipinski definition) is 1. The summed E-state index contributed by atoms with van der Waals surface area (Å²) in [6.45, 7) is 1.35. The normalized spacial score (nSPS) is 11.3. The molecule has 0 radical (unpaired) electrons. The van der Waals surface area contributed by atoms with Crippen LogP contribution in [0.3, 0.4) is 0 Å². The Morgan fingerprint density at radius 1 is 1.04 bits per heavy atom. The van der Waals surface area contributed by atoms with Gasteiger partial charge in [-0.3, -0.25) is 4.79 Å². The molecule has 0 saturated carbocycles. The van der Waals surface area contributed by atoms with Crippen LogP contribution >= 0.6 is 11.6 Å². The zero-order valence-corrected chi connectivity index (χ0v) is 16.8. The quantitative estimate of drug-likeness (QED) is 0.675. The maximum Gasteiger partial charge on any atom is 0.338 e. The zero-order chi connectivity index (χ0) is 20.7. The van der Waals surface area contributed by atoms with Crippen LogP contribution in [0.25, 0.3) is 0 Å². The number of methoxy groups -OCH3 is 3. The molecule has 0 fully saturated rings. The van der Waals surface area contributed by atoms with E-state index in [-0.39, 0.29) is 11.6 Å². The molecule has 7 nitrogen and oxygen atoms in total. The maximum absolute atomic E-state index is 12.3. The summed E-state index contributed by atoms with van der Waals surface area (Å²) < 4.78 is 20.7. The Kier molecular flexibility index (Phi) is 7.52. The van der Waals surface area contributed by atoms with Crippen molar-refractivity contribution in [2.75, 3.05) is 27.9 Å². The molecule has 0 aliphatic carbocycles. The molecule has 1 atom stereocenters. The van der Waals surface area contributed by atoms with Crippen molar-refractivity contribution in [3.8, 4) is 17.2 Å². The monoisotopic (exact) mass is 407 g/mol. The lowest BCUT2D eigenvalue weighted by molar-refractivity contribution is -0.124. The van der Waals surface area contributed by atoms with E-state index in [0.717, 1.165) is 5.56 Å². The third-order valence-corrected chi connectivity index (χ3v) is 4.33. The number of hydrogen-bond acceptors (Lipinski definition) is 6. The molecule has 2 aromatic carbocycles. The minimum absolute atomic E-state index is 0.168. The lowest BCUT2D eigenvalue weighted by atomic mass is 10.1. The first kappa shape index (κ1) is 21.4. The van der Waals surface area contributed by atoms with E-state index < -0.39 is 18.5 Å². The second-order valence-electron chi connectivity index (χ2n) is 5.80. The van der Waals surface area contributed by atoms with Crippen molar-refractivity contribution in [1.82, 2.24) is 5.32 Å². The van der Waals surface area contributed by atoms with Gasteiger partial charge in [0.25, 0.3) is 5.91 Å². The number of carbonyl (C=O) groups excluding carboxylic acids is 2. The summed E-state index contributed by atoms with van der Waals surface area (Å²) in [7, 11) is 4.34. The molecule has 2 aromatic rings. The molecule has 8 heteroatoms. The summed E-state index contributed by atoms with van der Waals surface area (Å²) in [6.07, 6.45) is 0. The molecular formula is C20H22ClNO6. The summed E-state index contributed by atoms with van der Waals surface area (Å²) in [4.78, 5) is 24.4. The molecule has 0 bridgehead atoms. The van der Waals surface area contributed by atoms with Gasteiger partial charge >= 0.3 is 5.97 Å². The van der Waals surface area contributed by atoms with Crippen LogP contribution in [0.1, 0.15) is 28.9 Å².